The van der Waals surface area contributed by atoms with Gasteiger partial charge in [-0.15, -0.1) is 0 Å². The summed E-state index contributed by atoms with van der Waals surface area (Å²) in [6.45, 7) is 3.54. The molecule has 0 aliphatic carbocycles. The molecule has 116 valence electrons. The van der Waals surface area contributed by atoms with E-state index >= 15 is 0 Å². The zero-order valence-corrected chi connectivity index (χ0v) is 12.3. The molecule has 1 amide bonds. The molecule has 0 fully saturated rings. The maximum atomic E-state index is 12.8. The molecule has 0 bridgehead atoms. The van der Waals surface area contributed by atoms with Crippen LogP contribution in [0.3, 0.4) is 0 Å². The van der Waals surface area contributed by atoms with Gasteiger partial charge in [0.2, 0.25) is 0 Å². The van der Waals surface area contributed by atoms with Gasteiger partial charge in [0.15, 0.2) is 0 Å². The summed E-state index contributed by atoms with van der Waals surface area (Å²) in [7, 11) is 0. The molecule has 0 saturated heterocycles. The van der Waals surface area contributed by atoms with Crippen LogP contribution in [-0.4, -0.2) is 25.7 Å². The zero-order valence-electron chi connectivity index (χ0n) is 12.3. The number of carbonyl (C=O) groups excluding carboxylic acids is 1. The predicted molar refractivity (Wildman–Crippen MR) is 82.8 cm³/mol. The minimum absolute atomic E-state index is 0.300. The molecular formula is C17H18FNO3. The van der Waals surface area contributed by atoms with E-state index in [2.05, 4.69) is 5.32 Å². The van der Waals surface area contributed by atoms with Gasteiger partial charge in [-0.05, 0) is 43.3 Å². The van der Waals surface area contributed by atoms with Gasteiger partial charge in [-0.2, -0.15) is 0 Å². The van der Waals surface area contributed by atoms with Crippen LogP contribution in [0.15, 0.2) is 48.5 Å². The molecule has 0 spiro atoms. The van der Waals surface area contributed by atoms with Crippen LogP contribution in [-0.2, 0) is 4.74 Å². The molecule has 5 heteroatoms. The highest BCUT2D eigenvalue weighted by molar-refractivity contribution is 6.04. The van der Waals surface area contributed by atoms with Crippen LogP contribution in [0.2, 0.25) is 0 Å². The van der Waals surface area contributed by atoms with Crippen molar-refractivity contribution in [2.24, 2.45) is 0 Å². The predicted octanol–water partition coefficient (Wildman–Crippen LogP) is 3.49. The van der Waals surface area contributed by atoms with E-state index in [0.29, 0.717) is 36.8 Å². The monoisotopic (exact) mass is 303 g/mol. The van der Waals surface area contributed by atoms with Gasteiger partial charge in [-0.25, -0.2) is 4.39 Å². The Morgan fingerprint density at radius 3 is 2.64 bits per heavy atom. The highest BCUT2D eigenvalue weighted by Gasteiger charge is 2.06. The van der Waals surface area contributed by atoms with E-state index in [1.807, 2.05) is 6.92 Å². The molecule has 2 aromatic rings. The number of carbonyl (C=O) groups is 1. The van der Waals surface area contributed by atoms with Crippen molar-refractivity contribution < 1.29 is 18.7 Å². The van der Waals surface area contributed by atoms with Crippen molar-refractivity contribution in [2.75, 3.05) is 25.1 Å². The van der Waals surface area contributed by atoms with E-state index in [-0.39, 0.29) is 11.7 Å². The third-order valence-electron chi connectivity index (χ3n) is 2.90. The number of nitrogens with one attached hydrogen (secondary N) is 1. The van der Waals surface area contributed by atoms with Gasteiger partial charge in [-0.1, -0.05) is 6.07 Å². The number of halogens is 1. The molecule has 0 aromatic heterocycles. The molecule has 2 rings (SSSR count). The minimum Gasteiger partial charge on any atom is -0.491 e. The van der Waals surface area contributed by atoms with E-state index in [9.17, 15) is 9.18 Å². The smallest absolute Gasteiger partial charge is 0.255 e. The summed E-state index contributed by atoms with van der Waals surface area (Å²) < 4.78 is 23.6. The Morgan fingerprint density at radius 1 is 1.14 bits per heavy atom. The summed E-state index contributed by atoms with van der Waals surface area (Å²) in [5.41, 5.74) is 1.01. The second-order valence-corrected chi connectivity index (χ2v) is 4.53. The summed E-state index contributed by atoms with van der Waals surface area (Å²) in [6.07, 6.45) is 0. The van der Waals surface area contributed by atoms with Crippen molar-refractivity contribution >= 4 is 11.6 Å². The third kappa shape index (κ3) is 4.86. The van der Waals surface area contributed by atoms with Crippen molar-refractivity contribution in [2.45, 2.75) is 6.92 Å². The second-order valence-electron chi connectivity index (χ2n) is 4.53. The lowest BCUT2D eigenvalue weighted by Crippen LogP contribution is -2.12. The topological polar surface area (TPSA) is 47.6 Å². The van der Waals surface area contributed by atoms with Crippen LogP contribution in [0.25, 0.3) is 0 Å². The normalized spacial score (nSPS) is 10.3. The highest BCUT2D eigenvalue weighted by Crippen LogP contribution is 2.18. The van der Waals surface area contributed by atoms with Crippen LogP contribution in [0, 0.1) is 5.82 Å². The molecule has 0 atom stereocenters. The SMILES string of the molecule is CCOCCOc1cccc(NC(=O)c2ccc(F)cc2)c1. The minimum atomic E-state index is -0.374. The van der Waals surface area contributed by atoms with Gasteiger partial charge in [0.1, 0.15) is 18.2 Å². The van der Waals surface area contributed by atoms with Crippen molar-refractivity contribution in [1.82, 2.24) is 0 Å². The van der Waals surface area contributed by atoms with Gasteiger partial charge in [0, 0.05) is 23.9 Å². The van der Waals surface area contributed by atoms with Crippen molar-refractivity contribution in [3.05, 3.63) is 59.9 Å². The first kappa shape index (κ1) is 16.0. The second kappa shape index (κ2) is 8.14. The lowest BCUT2D eigenvalue weighted by molar-refractivity contribution is 0.102. The average molecular weight is 303 g/mol. The number of hydrogen-bond donors (Lipinski definition) is 1. The van der Waals surface area contributed by atoms with Crippen LogP contribution in [0.5, 0.6) is 5.75 Å². The molecule has 0 saturated carbocycles. The van der Waals surface area contributed by atoms with Crippen LogP contribution < -0.4 is 10.1 Å². The first-order valence-corrected chi connectivity index (χ1v) is 7.06. The Balaban J connectivity index is 1.94. The van der Waals surface area contributed by atoms with Crippen molar-refractivity contribution in [1.29, 1.82) is 0 Å². The molecule has 4 nitrogen and oxygen atoms in total. The Morgan fingerprint density at radius 2 is 1.91 bits per heavy atom. The van der Waals surface area contributed by atoms with Gasteiger partial charge in [0.25, 0.3) is 5.91 Å². The van der Waals surface area contributed by atoms with Gasteiger partial charge in [0.05, 0.1) is 6.61 Å². The number of rotatable bonds is 7. The molecule has 0 aliphatic heterocycles. The Hall–Kier alpha value is -2.40. The van der Waals surface area contributed by atoms with E-state index in [1.165, 1.54) is 24.3 Å². The largest absolute Gasteiger partial charge is 0.491 e. The average Bonchev–Trinajstić information content (AvgIpc) is 2.52. The highest BCUT2D eigenvalue weighted by atomic mass is 19.1. The van der Waals surface area contributed by atoms with Gasteiger partial charge < -0.3 is 14.8 Å². The van der Waals surface area contributed by atoms with E-state index in [1.54, 1.807) is 24.3 Å². The number of hydrogen-bond acceptors (Lipinski definition) is 3. The zero-order chi connectivity index (χ0) is 15.8. The molecule has 0 unspecified atom stereocenters. The fourth-order valence-electron chi connectivity index (χ4n) is 1.83. The first-order chi connectivity index (χ1) is 10.7. The van der Waals surface area contributed by atoms with E-state index in [4.69, 9.17) is 9.47 Å². The molecule has 0 aliphatic rings. The van der Waals surface area contributed by atoms with Crippen LogP contribution >= 0.6 is 0 Å². The maximum absolute atomic E-state index is 12.8. The number of benzene rings is 2. The van der Waals surface area contributed by atoms with E-state index in [0.717, 1.165) is 0 Å². The number of amides is 1. The fourth-order valence-corrected chi connectivity index (χ4v) is 1.83. The Labute approximate surface area is 128 Å². The lowest BCUT2D eigenvalue weighted by atomic mass is 10.2. The summed E-state index contributed by atoms with van der Waals surface area (Å²) in [6, 6.07) is 12.5. The molecule has 2 aromatic carbocycles. The molecule has 1 N–H and O–H groups in total. The van der Waals surface area contributed by atoms with Crippen LogP contribution in [0.4, 0.5) is 10.1 Å². The molecule has 0 radical (unpaired) electrons. The molecular weight excluding hydrogens is 285 g/mol. The summed E-state index contributed by atoms with van der Waals surface area (Å²) in [5.74, 6) is -0.0238. The van der Waals surface area contributed by atoms with Crippen LogP contribution in [0.1, 0.15) is 17.3 Å². The summed E-state index contributed by atoms with van der Waals surface area (Å²) in [5, 5.41) is 2.75. The lowest BCUT2D eigenvalue weighted by Gasteiger charge is -2.09. The molecule has 22 heavy (non-hydrogen) atoms. The Bertz CT molecular complexity index is 614. The van der Waals surface area contributed by atoms with Gasteiger partial charge in [-0.3, -0.25) is 4.79 Å². The molecule has 0 heterocycles. The summed E-state index contributed by atoms with van der Waals surface area (Å²) >= 11 is 0. The van der Waals surface area contributed by atoms with Gasteiger partial charge >= 0.3 is 0 Å². The Kier molecular flexibility index (Phi) is 5.91. The van der Waals surface area contributed by atoms with Crippen molar-refractivity contribution in [3.63, 3.8) is 0 Å². The number of anilines is 1. The summed E-state index contributed by atoms with van der Waals surface area (Å²) in [4.78, 5) is 12.0. The standard InChI is InChI=1S/C17H18FNO3/c1-2-21-10-11-22-16-5-3-4-15(12-16)19-17(20)13-6-8-14(18)9-7-13/h3-9,12H,2,10-11H2,1H3,(H,19,20). The fraction of sp³-hybridized carbons (Fsp3) is 0.235. The quantitative estimate of drug-likeness (QED) is 0.796. The first-order valence-electron chi connectivity index (χ1n) is 7.06. The van der Waals surface area contributed by atoms with E-state index < -0.39 is 0 Å². The van der Waals surface area contributed by atoms with Crippen molar-refractivity contribution in [3.8, 4) is 5.75 Å². The number of ether oxygens (including phenoxy) is 2. The maximum Gasteiger partial charge on any atom is 0.255 e. The third-order valence-corrected chi connectivity index (χ3v) is 2.90.